The van der Waals surface area contributed by atoms with Gasteiger partial charge in [-0.25, -0.2) is 9.67 Å². The second kappa shape index (κ2) is 9.20. The van der Waals surface area contributed by atoms with Crippen molar-refractivity contribution in [3.8, 4) is 28.5 Å². The maximum atomic E-state index is 11.8. The molecule has 1 aliphatic heterocycles. The lowest BCUT2D eigenvalue weighted by Gasteiger charge is -2.18. The third-order valence-corrected chi connectivity index (χ3v) is 5.81. The van der Waals surface area contributed by atoms with Gasteiger partial charge in [-0.05, 0) is 54.1 Å². The minimum atomic E-state index is -0.201. The zero-order valence-electron chi connectivity index (χ0n) is 18.0. The van der Waals surface area contributed by atoms with Gasteiger partial charge in [0.2, 0.25) is 4.80 Å². The molecule has 170 valence electrons. The van der Waals surface area contributed by atoms with Gasteiger partial charge in [0.1, 0.15) is 5.75 Å². The summed E-state index contributed by atoms with van der Waals surface area (Å²) in [6, 6.07) is 14.3. The minimum Gasteiger partial charge on any atom is -0.504 e. The average molecular weight is 474 g/mol. The van der Waals surface area contributed by atoms with E-state index in [1.54, 1.807) is 41.5 Å². The summed E-state index contributed by atoms with van der Waals surface area (Å²) in [4.78, 5) is 21.2. The molecule has 0 saturated carbocycles. The first-order valence-corrected chi connectivity index (χ1v) is 11.1. The second-order valence-electron chi connectivity index (χ2n) is 7.26. The molecule has 34 heavy (non-hydrogen) atoms. The summed E-state index contributed by atoms with van der Waals surface area (Å²) in [6.45, 7) is -0.00205. The number of carbonyl (C=O) groups is 1. The summed E-state index contributed by atoms with van der Waals surface area (Å²) in [5, 5.41) is 19.5. The van der Waals surface area contributed by atoms with E-state index >= 15 is 0 Å². The van der Waals surface area contributed by atoms with E-state index in [0.717, 1.165) is 11.3 Å². The van der Waals surface area contributed by atoms with Crippen LogP contribution in [-0.2, 0) is 4.79 Å². The lowest BCUT2D eigenvalue weighted by Crippen LogP contribution is -2.25. The van der Waals surface area contributed by atoms with E-state index in [4.69, 9.17) is 9.47 Å². The smallest absolute Gasteiger partial charge is 0.262 e. The molecular weight excluding hydrogens is 454 g/mol. The fourth-order valence-corrected chi connectivity index (χ4v) is 4.23. The van der Waals surface area contributed by atoms with Crippen molar-refractivity contribution in [3.63, 3.8) is 0 Å². The molecular formula is C24H19N5O4S. The number of thiazole rings is 1. The van der Waals surface area contributed by atoms with Gasteiger partial charge >= 0.3 is 0 Å². The maximum absolute atomic E-state index is 11.8. The SMILES string of the molecule is COc1ccc(C=Nn2c(-c3ccc4c(c3)NC(=O)CO4)csc2=Nc2cccnc2)cc1O. The summed E-state index contributed by atoms with van der Waals surface area (Å²) < 4.78 is 12.3. The van der Waals surface area contributed by atoms with Crippen LogP contribution in [0.1, 0.15) is 5.56 Å². The predicted molar refractivity (Wildman–Crippen MR) is 129 cm³/mol. The maximum Gasteiger partial charge on any atom is 0.262 e. The van der Waals surface area contributed by atoms with Gasteiger partial charge in [-0.15, -0.1) is 11.3 Å². The fourth-order valence-electron chi connectivity index (χ4n) is 3.37. The van der Waals surface area contributed by atoms with Gasteiger partial charge in [0.15, 0.2) is 18.1 Å². The van der Waals surface area contributed by atoms with Gasteiger partial charge in [-0.2, -0.15) is 5.10 Å². The first-order chi connectivity index (χ1) is 16.6. The Bertz CT molecular complexity index is 1460. The number of ether oxygens (including phenoxy) is 2. The molecule has 0 bridgehead atoms. The Balaban J connectivity index is 1.60. The summed E-state index contributed by atoms with van der Waals surface area (Å²) in [6.07, 6.45) is 4.98. The van der Waals surface area contributed by atoms with E-state index < -0.39 is 0 Å². The summed E-state index contributed by atoms with van der Waals surface area (Å²) in [7, 11) is 1.49. The van der Waals surface area contributed by atoms with Crippen LogP contribution in [0, 0.1) is 0 Å². The molecule has 2 aromatic heterocycles. The first-order valence-electron chi connectivity index (χ1n) is 10.2. The van der Waals surface area contributed by atoms with E-state index in [1.165, 1.54) is 18.4 Å². The number of phenolic OH excluding ortho intramolecular Hbond substituents is 1. The average Bonchev–Trinajstić information content (AvgIpc) is 3.25. The van der Waals surface area contributed by atoms with Gasteiger partial charge in [0.05, 0.1) is 36.6 Å². The van der Waals surface area contributed by atoms with Gasteiger partial charge in [-0.1, -0.05) is 0 Å². The Kier molecular flexibility index (Phi) is 5.79. The number of nitrogens with zero attached hydrogens (tertiary/aromatic N) is 4. The Morgan fingerprint density at radius 2 is 2.18 bits per heavy atom. The fraction of sp³-hybridized carbons (Fsp3) is 0.0833. The Hall–Kier alpha value is -4.44. The van der Waals surface area contributed by atoms with Crippen molar-refractivity contribution < 1.29 is 19.4 Å². The minimum absolute atomic E-state index is 0.00205. The van der Waals surface area contributed by atoms with Crippen molar-refractivity contribution in [2.45, 2.75) is 0 Å². The van der Waals surface area contributed by atoms with Crippen LogP contribution >= 0.6 is 11.3 Å². The summed E-state index contributed by atoms with van der Waals surface area (Å²) >= 11 is 1.41. The zero-order valence-corrected chi connectivity index (χ0v) is 18.8. The molecule has 0 unspecified atom stereocenters. The summed E-state index contributed by atoms with van der Waals surface area (Å²) in [5.41, 5.74) is 3.56. The highest BCUT2D eigenvalue weighted by Gasteiger charge is 2.18. The van der Waals surface area contributed by atoms with Crippen molar-refractivity contribution in [1.29, 1.82) is 0 Å². The third-order valence-electron chi connectivity index (χ3n) is 4.99. The molecule has 2 N–H and O–H groups in total. The van der Waals surface area contributed by atoms with Crippen LogP contribution in [0.2, 0.25) is 0 Å². The van der Waals surface area contributed by atoms with E-state index in [1.807, 2.05) is 35.7 Å². The second-order valence-corrected chi connectivity index (χ2v) is 8.10. The number of fused-ring (bicyclic) bond motifs is 1. The van der Waals surface area contributed by atoms with Crippen LogP contribution in [0.25, 0.3) is 11.3 Å². The largest absolute Gasteiger partial charge is 0.504 e. The predicted octanol–water partition coefficient (Wildman–Crippen LogP) is 3.77. The van der Waals surface area contributed by atoms with Gasteiger partial charge in [-0.3, -0.25) is 9.78 Å². The van der Waals surface area contributed by atoms with E-state index in [9.17, 15) is 9.90 Å². The molecule has 4 aromatic rings. The molecule has 0 saturated heterocycles. The van der Waals surface area contributed by atoms with E-state index in [-0.39, 0.29) is 18.3 Å². The quantitative estimate of drug-likeness (QED) is 0.429. The molecule has 5 rings (SSSR count). The summed E-state index contributed by atoms with van der Waals surface area (Å²) in [5.74, 6) is 0.814. The van der Waals surface area contributed by atoms with Crippen molar-refractivity contribution in [2.24, 2.45) is 10.1 Å². The molecule has 0 fully saturated rings. The first kappa shape index (κ1) is 21.4. The number of rotatable bonds is 5. The molecule has 0 atom stereocenters. The standard InChI is InChI=1S/C24H19N5O4S/c1-32-22-6-4-15(9-20(22)30)11-26-29-19(14-34-24(29)27-17-3-2-8-25-12-17)16-5-7-21-18(10-16)28-23(31)13-33-21/h2-12,14,30H,13H2,1H3,(H,28,31). The highest BCUT2D eigenvalue weighted by molar-refractivity contribution is 7.07. The highest BCUT2D eigenvalue weighted by Crippen LogP contribution is 2.33. The lowest BCUT2D eigenvalue weighted by molar-refractivity contribution is -0.118. The molecule has 10 heteroatoms. The molecule has 0 radical (unpaired) electrons. The number of carbonyl (C=O) groups excluding carboxylic acids is 1. The molecule has 0 spiro atoms. The van der Waals surface area contributed by atoms with Crippen LogP contribution in [0.15, 0.2) is 76.4 Å². The number of benzene rings is 2. The van der Waals surface area contributed by atoms with Crippen molar-refractivity contribution in [3.05, 3.63) is 76.7 Å². The third kappa shape index (κ3) is 4.39. The van der Waals surface area contributed by atoms with Gasteiger partial charge in [0.25, 0.3) is 5.91 Å². The van der Waals surface area contributed by atoms with Crippen molar-refractivity contribution >= 4 is 34.8 Å². The Morgan fingerprint density at radius 1 is 1.26 bits per heavy atom. The van der Waals surface area contributed by atoms with Crippen LogP contribution in [0.3, 0.4) is 0 Å². The van der Waals surface area contributed by atoms with Crippen molar-refractivity contribution in [1.82, 2.24) is 9.66 Å². The van der Waals surface area contributed by atoms with Gasteiger partial charge in [0, 0.05) is 17.1 Å². The number of aromatic hydroxyl groups is 1. The van der Waals surface area contributed by atoms with Gasteiger partial charge < -0.3 is 19.9 Å². The lowest BCUT2D eigenvalue weighted by atomic mass is 10.1. The molecule has 3 heterocycles. The van der Waals surface area contributed by atoms with Crippen LogP contribution < -0.4 is 19.6 Å². The van der Waals surface area contributed by atoms with E-state index in [2.05, 4.69) is 20.4 Å². The zero-order chi connectivity index (χ0) is 23.5. The van der Waals surface area contributed by atoms with Crippen LogP contribution in [-0.4, -0.2) is 40.6 Å². The van der Waals surface area contributed by atoms with Crippen LogP contribution in [0.5, 0.6) is 17.2 Å². The Morgan fingerprint density at radius 3 is 2.97 bits per heavy atom. The van der Waals surface area contributed by atoms with E-state index in [0.29, 0.717) is 33.2 Å². The monoisotopic (exact) mass is 473 g/mol. The normalized spacial score (nSPS) is 13.4. The number of methoxy groups -OCH3 is 1. The number of pyridine rings is 1. The number of amides is 1. The molecule has 2 aromatic carbocycles. The number of phenols is 1. The number of hydrogen-bond acceptors (Lipinski definition) is 8. The number of nitrogens with one attached hydrogen (secondary N) is 1. The molecule has 9 nitrogen and oxygen atoms in total. The van der Waals surface area contributed by atoms with Crippen LogP contribution in [0.4, 0.5) is 11.4 Å². The topological polar surface area (TPSA) is 110 Å². The molecule has 0 aliphatic carbocycles. The highest BCUT2D eigenvalue weighted by atomic mass is 32.1. The number of anilines is 1. The van der Waals surface area contributed by atoms with Crippen molar-refractivity contribution in [2.75, 3.05) is 19.0 Å². The molecule has 1 aliphatic rings. The molecule has 1 amide bonds. The number of aromatic nitrogens is 2. The Labute approximate surface area is 198 Å². The number of hydrogen-bond donors (Lipinski definition) is 2.